The number of rotatable bonds is 0. The van der Waals surface area contributed by atoms with Crippen molar-refractivity contribution in [1.82, 2.24) is 5.31 Å². The third-order valence-corrected chi connectivity index (χ3v) is 0.671. The van der Waals surface area contributed by atoms with Crippen LogP contribution in [0.3, 0.4) is 0 Å². The molecule has 0 radical (unpaired) electrons. The summed E-state index contributed by atoms with van der Waals surface area (Å²) in [6, 6.07) is 0. The second-order valence-corrected chi connectivity index (χ2v) is 2.39. The van der Waals surface area contributed by atoms with Crippen LogP contribution in [-0.2, 0) is 0 Å². The Hall–Kier alpha value is -0.0400. The molecule has 0 spiro atoms. The molecule has 0 amide bonds. The van der Waals surface area contributed by atoms with Crippen molar-refractivity contribution in [3.05, 3.63) is 0 Å². The van der Waals surface area contributed by atoms with Crippen LogP contribution in [0.25, 0.3) is 0 Å². The Bertz CT molecular complexity index is 53.6. The second kappa shape index (κ2) is 1.61. The molecule has 6 heavy (non-hydrogen) atoms. The molecular weight excluding hydrogens is 74.1 g/mol. The van der Waals surface area contributed by atoms with E-state index in [1.165, 1.54) is 5.31 Å². The van der Waals surface area contributed by atoms with Crippen molar-refractivity contribution in [2.24, 2.45) is 0 Å². The molecule has 0 saturated heterocycles. The van der Waals surface area contributed by atoms with E-state index in [9.17, 15) is 0 Å². The van der Waals surface area contributed by atoms with Gasteiger partial charge in [0.05, 0.1) is 0 Å². The summed E-state index contributed by atoms with van der Waals surface area (Å²) < 4.78 is 7.06. The van der Waals surface area contributed by atoms with E-state index in [1.54, 1.807) is 7.05 Å². The predicted octanol–water partition coefficient (Wildman–Crippen LogP) is 1.00. The summed E-state index contributed by atoms with van der Waals surface area (Å²) in [6.07, 6.45) is 0. The van der Waals surface area contributed by atoms with Crippen LogP contribution in [0, 0.1) is 0 Å². The lowest BCUT2D eigenvalue weighted by molar-refractivity contribution is 0.469. The zero-order chi connectivity index (χ0) is 6.08. The summed E-state index contributed by atoms with van der Waals surface area (Å²) in [5.41, 5.74) is 0. The summed E-state index contributed by atoms with van der Waals surface area (Å²) in [6.45, 7) is 6.00. The van der Waals surface area contributed by atoms with E-state index < -0.39 is 0 Å². The molecular formula is C5H13N. The van der Waals surface area contributed by atoms with Gasteiger partial charge in [0.15, 0.2) is 0 Å². The predicted molar refractivity (Wildman–Crippen MR) is 28.8 cm³/mol. The normalized spacial score (nSPS) is 15.2. The largest absolute Gasteiger partial charge is 0.315 e. The van der Waals surface area contributed by atoms with E-state index in [-0.39, 0.29) is 5.54 Å². The zero-order valence-electron chi connectivity index (χ0n) is 5.95. The minimum Gasteiger partial charge on any atom is -0.315 e. The molecule has 0 rings (SSSR count). The molecule has 0 aliphatic heterocycles. The third kappa shape index (κ3) is 3.96. The van der Waals surface area contributed by atoms with Gasteiger partial charge in [-0.2, -0.15) is 0 Å². The van der Waals surface area contributed by atoms with Gasteiger partial charge in [0, 0.05) is 5.54 Å². The minimum absolute atomic E-state index is 0. The van der Waals surface area contributed by atoms with Gasteiger partial charge in [-0.05, 0) is 27.8 Å². The molecule has 0 aliphatic carbocycles. The molecule has 1 N–H and O–H groups in total. The Labute approximate surface area is 41.2 Å². The molecule has 0 bridgehead atoms. The van der Waals surface area contributed by atoms with Crippen molar-refractivity contribution in [2.75, 3.05) is 7.05 Å². The molecule has 0 aromatic heterocycles. The zero-order valence-corrected chi connectivity index (χ0v) is 4.95. The fourth-order valence-electron chi connectivity index (χ4n) is 0. The average molecular weight is 88.2 g/mol. The van der Waals surface area contributed by atoms with Crippen molar-refractivity contribution in [2.45, 2.75) is 26.3 Å². The number of hydrogen-bond acceptors (Lipinski definition) is 1. The lowest BCUT2D eigenvalue weighted by atomic mass is 10.1. The Morgan fingerprint density at radius 2 is 1.67 bits per heavy atom. The summed E-state index contributed by atoms with van der Waals surface area (Å²) >= 11 is 0. The highest BCUT2D eigenvalue weighted by atomic mass is 14.9. The Kier molecular flexibility index (Phi) is 1.10. The lowest BCUT2D eigenvalue weighted by Crippen LogP contribution is -2.31. The van der Waals surface area contributed by atoms with E-state index >= 15 is 0 Å². The Morgan fingerprint density at radius 3 is 1.67 bits per heavy atom. The van der Waals surface area contributed by atoms with Crippen molar-refractivity contribution in [3.8, 4) is 0 Å². The Morgan fingerprint density at radius 1 is 1.50 bits per heavy atom. The maximum absolute atomic E-state index is 7.06. The van der Waals surface area contributed by atoms with Crippen molar-refractivity contribution in [1.29, 1.82) is 0 Å². The fraction of sp³-hybridized carbons (Fsp3) is 1.00. The molecule has 0 aliphatic rings. The molecule has 0 aromatic carbocycles. The summed E-state index contributed by atoms with van der Waals surface area (Å²) in [7, 11) is 1.75. The fourth-order valence-corrected chi connectivity index (χ4v) is 0. The van der Waals surface area contributed by atoms with Crippen LogP contribution in [0.5, 0.6) is 0 Å². The Balaban J connectivity index is 3.54. The standard InChI is InChI=1S/C5H13N/c1-5(2,3)6-4/h6H,1-4H3/i/hD. The lowest BCUT2D eigenvalue weighted by Gasteiger charge is -2.15. The van der Waals surface area contributed by atoms with Crippen LogP contribution < -0.4 is 5.31 Å². The van der Waals surface area contributed by atoms with Crippen molar-refractivity contribution in [3.63, 3.8) is 0 Å². The van der Waals surface area contributed by atoms with Crippen LogP contribution in [0.2, 0.25) is 1.41 Å². The van der Waals surface area contributed by atoms with Gasteiger partial charge in [0.1, 0.15) is 1.41 Å². The highest BCUT2D eigenvalue weighted by molar-refractivity contribution is 4.65. The van der Waals surface area contributed by atoms with Crippen LogP contribution in [0.15, 0.2) is 0 Å². The van der Waals surface area contributed by atoms with Gasteiger partial charge in [-0.1, -0.05) is 0 Å². The summed E-state index contributed by atoms with van der Waals surface area (Å²) in [5, 5.41) is 1.44. The molecule has 0 unspecified atom stereocenters. The monoisotopic (exact) mass is 88.1 g/mol. The van der Waals surface area contributed by atoms with E-state index in [4.69, 9.17) is 1.41 Å². The molecule has 0 fully saturated rings. The van der Waals surface area contributed by atoms with Gasteiger partial charge in [0.2, 0.25) is 0 Å². The van der Waals surface area contributed by atoms with Crippen LogP contribution in [0.1, 0.15) is 20.8 Å². The smallest absolute Gasteiger partial charge is 0.122 e. The highest BCUT2D eigenvalue weighted by Gasteiger charge is 2.01. The first-order valence-corrected chi connectivity index (χ1v) is 2.17. The number of hydrogen-bond donors (Lipinski definition) is 1. The summed E-state index contributed by atoms with van der Waals surface area (Å²) in [4.78, 5) is 0. The highest BCUT2D eigenvalue weighted by Crippen LogP contribution is 1.93. The SMILES string of the molecule is [2H]N(C)C(C)(C)C. The third-order valence-electron chi connectivity index (χ3n) is 0.671. The van der Waals surface area contributed by atoms with Gasteiger partial charge in [-0.25, -0.2) is 0 Å². The number of nitrogens with one attached hydrogen (secondary N) is 1. The molecule has 0 saturated carbocycles. The first-order chi connectivity index (χ1) is 2.94. The van der Waals surface area contributed by atoms with Gasteiger partial charge in [-0.3, -0.25) is 0 Å². The average Bonchev–Trinajstić information content (AvgIpc) is 1.31. The van der Waals surface area contributed by atoms with Crippen molar-refractivity contribution < 1.29 is 1.41 Å². The van der Waals surface area contributed by atoms with Gasteiger partial charge in [-0.15, -0.1) is 0 Å². The maximum atomic E-state index is 7.06. The van der Waals surface area contributed by atoms with E-state index in [1.807, 2.05) is 20.8 Å². The first kappa shape index (κ1) is 4.13. The van der Waals surface area contributed by atoms with Crippen molar-refractivity contribution >= 4 is 0 Å². The molecule has 0 aromatic rings. The maximum Gasteiger partial charge on any atom is 0.122 e. The van der Waals surface area contributed by atoms with Gasteiger partial charge >= 0.3 is 0 Å². The van der Waals surface area contributed by atoms with Crippen LogP contribution in [-0.4, -0.2) is 12.6 Å². The second-order valence-electron chi connectivity index (χ2n) is 2.39. The molecule has 0 heterocycles. The topological polar surface area (TPSA) is 12.0 Å². The van der Waals surface area contributed by atoms with Crippen LogP contribution >= 0.6 is 0 Å². The van der Waals surface area contributed by atoms with Crippen LogP contribution in [0.4, 0.5) is 0 Å². The molecule has 0 atom stereocenters. The van der Waals surface area contributed by atoms with E-state index in [0.29, 0.717) is 0 Å². The molecule has 1 heteroatoms. The first-order valence-electron chi connectivity index (χ1n) is 2.62. The van der Waals surface area contributed by atoms with E-state index in [0.717, 1.165) is 0 Å². The van der Waals surface area contributed by atoms with Gasteiger partial charge in [0.25, 0.3) is 0 Å². The molecule has 38 valence electrons. The molecule has 1 nitrogen and oxygen atoms in total. The quantitative estimate of drug-likeness (QED) is 0.466. The minimum atomic E-state index is 0. The van der Waals surface area contributed by atoms with E-state index in [2.05, 4.69) is 0 Å². The summed E-state index contributed by atoms with van der Waals surface area (Å²) in [5.74, 6) is 0. The van der Waals surface area contributed by atoms with Gasteiger partial charge < -0.3 is 5.31 Å².